The van der Waals surface area contributed by atoms with Crippen LogP contribution in [-0.2, 0) is 24.9 Å². The number of esters is 1. The van der Waals surface area contributed by atoms with Gasteiger partial charge >= 0.3 is 5.97 Å². The number of cyclic esters (lactones) is 1. The fourth-order valence-electron chi connectivity index (χ4n) is 2.56. The van der Waals surface area contributed by atoms with Gasteiger partial charge in [-0.1, -0.05) is 18.2 Å². The molecule has 0 spiro atoms. The quantitative estimate of drug-likeness (QED) is 0.694. The molecule has 9 heteroatoms. The first-order valence-corrected chi connectivity index (χ1v) is 9.56. The Bertz CT molecular complexity index is 737. The zero-order valence-electron chi connectivity index (χ0n) is 15.5. The third-order valence-electron chi connectivity index (χ3n) is 3.91. The van der Waals surface area contributed by atoms with Crippen molar-refractivity contribution in [1.29, 1.82) is 0 Å². The van der Waals surface area contributed by atoms with E-state index in [0.717, 1.165) is 5.56 Å². The van der Waals surface area contributed by atoms with Crippen molar-refractivity contribution in [3.8, 4) is 0 Å². The predicted molar refractivity (Wildman–Crippen MR) is 101 cm³/mol. The summed E-state index contributed by atoms with van der Waals surface area (Å²) >= 11 is 1.43. The fourth-order valence-corrected chi connectivity index (χ4v) is 3.61. The largest absolute Gasteiger partial charge is 0.459 e. The second-order valence-electron chi connectivity index (χ2n) is 6.32. The van der Waals surface area contributed by atoms with Gasteiger partial charge in [-0.3, -0.25) is 14.4 Å². The maximum absolute atomic E-state index is 12.6. The van der Waals surface area contributed by atoms with Crippen LogP contribution in [0.3, 0.4) is 0 Å². The van der Waals surface area contributed by atoms with Crippen LogP contribution < -0.4 is 10.6 Å². The monoisotopic (exact) mass is 393 g/mol. The molecule has 8 nitrogen and oxygen atoms in total. The summed E-state index contributed by atoms with van der Waals surface area (Å²) in [6.07, 6.45) is 0. The fraction of sp³-hybridized carbons (Fsp3) is 0.444. The number of hydrogen-bond acceptors (Lipinski definition) is 6. The van der Waals surface area contributed by atoms with Crippen molar-refractivity contribution in [2.45, 2.75) is 24.8 Å². The van der Waals surface area contributed by atoms with Crippen molar-refractivity contribution in [1.82, 2.24) is 15.5 Å². The molecule has 0 saturated heterocycles. The van der Waals surface area contributed by atoms with Gasteiger partial charge in [0.25, 0.3) is 0 Å². The zero-order valence-corrected chi connectivity index (χ0v) is 16.3. The molecule has 1 aromatic rings. The van der Waals surface area contributed by atoms with Crippen molar-refractivity contribution in [3.05, 3.63) is 35.4 Å². The Balaban J connectivity index is 2.31. The van der Waals surface area contributed by atoms with Crippen molar-refractivity contribution in [2.75, 3.05) is 26.5 Å². The second-order valence-corrected chi connectivity index (χ2v) is 7.35. The lowest BCUT2D eigenvalue weighted by atomic mass is 10.1. The normalized spacial score (nSPS) is 20.9. The smallest absolute Gasteiger partial charge is 0.338 e. The summed E-state index contributed by atoms with van der Waals surface area (Å²) in [4.78, 5) is 50.2. The van der Waals surface area contributed by atoms with Gasteiger partial charge in [0.2, 0.25) is 17.7 Å². The van der Waals surface area contributed by atoms with E-state index in [4.69, 9.17) is 4.74 Å². The van der Waals surface area contributed by atoms with Gasteiger partial charge in [-0.05, 0) is 11.6 Å². The highest BCUT2D eigenvalue weighted by Crippen LogP contribution is 2.19. The number of hydrogen-bond donors (Lipinski definition) is 2. The van der Waals surface area contributed by atoms with Gasteiger partial charge in [-0.2, -0.15) is 11.8 Å². The highest BCUT2D eigenvalue weighted by molar-refractivity contribution is 7.98. The van der Waals surface area contributed by atoms with E-state index < -0.39 is 29.9 Å². The van der Waals surface area contributed by atoms with Crippen LogP contribution in [0.2, 0.25) is 0 Å². The van der Waals surface area contributed by atoms with Crippen molar-refractivity contribution < 1.29 is 23.9 Å². The number of ether oxygens (including phenoxy) is 1. The Kier molecular flexibility index (Phi) is 7.23. The molecule has 3 amide bonds. The molecule has 2 rings (SSSR count). The molecule has 2 N–H and O–H groups in total. The molecule has 0 fully saturated rings. The highest BCUT2D eigenvalue weighted by Gasteiger charge is 2.29. The van der Waals surface area contributed by atoms with Crippen molar-refractivity contribution in [3.63, 3.8) is 0 Å². The first-order chi connectivity index (χ1) is 12.8. The van der Waals surface area contributed by atoms with Gasteiger partial charge in [-0.25, -0.2) is 4.79 Å². The average molecular weight is 393 g/mol. The molecule has 1 aliphatic rings. The predicted octanol–water partition coefficient (Wildman–Crippen LogP) is 0.168. The van der Waals surface area contributed by atoms with Crippen LogP contribution in [0, 0.1) is 0 Å². The number of thioether (sulfide) groups is 1. The summed E-state index contributed by atoms with van der Waals surface area (Å²) < 4.78 is 5.25. The lowest BCUT2D eigenvalue weighted by molar-refractivity contribution is -0.135. The molecule has 146 valence electrons. The number of carbonyl (C=O) groups is 4. The molecule has 1 heterocycles. The molecular weight excluding hydrogens is 370 g/mol. The number of fused-ring (bicyclic) bond motifs is 1. The van der Waals surface area contributed by atoms with Crippen LogP contribution in [0.4, 0.5) is 0 Å². The SMILES string of the molecule is CC(=O)N[C@@H]1COC(=O)c2ccccc2CSC[C@H](C(=O)N(C)C)NC1=O. The molecule has 0 unspecified atom stereocenters. The minimum atomic E-state index is -1.08. The van der Waals surface area contributed by atoms with Crippen LogP contribution in [0.5, 0.6) is 0 Å². The van der Waals surface area contributed by atoms with E-state index >= 15 is 0 Å². The first-order valence-electron chi connectivity index (χ1n) is 8.41. The van der Waals surface area contributed by atoms with Gasteiger partial charge in [0.1, 0.15) is 18.7 Å². The first kappa shape index (κ1) is 20.8. The number of nitrogens with zero attached hydrogens (tertiary/aromatic N) is 1. The molecule has 1 aromatic carbocycles. The van der Waals surface area contributed by atoms with Crippen molar-refractivity contribution in [2.24, 2.45) is 0 Å². The van der Waals surface area contributed by atoms with Crippen LogP contribution in [0.15, 0.2) is 24.3 Å². The number of likely N-dealkylation sites (N-methyl/N-ethyl adjacent to an activating group) is 1. The van der Waals surface area contributed by atoms with Gasteiger partial charge in [-0.15, -0.1) is 0 Å². The topological polar surface area (TPSA) is 105 Å². The molecule has 27 heavy (non-hydrogen) atoms. The Labute approximate surface area is 162 Å². The van der Waals surface area contributed by atoms with Crippen LogP contribution in [0.25, 0.3) is 0 Å². The van der Waals surface area contributed by atoms with E-state index in [1.54, 1.807) is 26.2 Å². The Morgan fingerprint density at radius 3 is 2.63 bits per heavy atom. The van der Waals surface area contributed by atoms with E-state index in [-0.39, 0.29) is 12.5 Å². The maximum Gasteiger partial charge on any atom is 0.338 e. The van der Waals surface area contributed by atoms with Gasteiger partial charge < -0.3 is 20.3 Å². The average Bonchev–Trinajstić information content (AvgIpc) is 2.62. The van der Waals surface area contributed by atoms with Gasteiger partial charge in [0.05, 0.1) is 5.56 Å². The van der Waals surface area contributed by atoms with Crippen molar-refractivity contribution >= 4 is 35.5 Å². The molecule has 0 aliphatic carbocycles. The minimum Gasteiger partial charge on any atom is -0.459 e. The number of benzene rings is 1. The summed E-state index contributed by atoms with van der Waals surface area (Å²) in [6.45, 7) is 0.938. The molecule has 0 bridgehead atoms. The summed E-state index contributed by atoms with van der Waals surface area (Å²) in [5, 5.41) is 5.11. The standard InChI is InChI=1S/C18H23N3O5S/c1-11(22)19-14-8-26-18(25)13-7-5-4-6-12(13)9-27-10-15(20-16(14)23)17(24)21(2)3/h4-7,14-15H,8-10H2,1-3H3,(H,19,22)(H,20,23)/t14-,15-/m1/s1. The van der Waals surface area contributed by atoms with Crippen LogP contribution in [-0.4, -0.2) is 67.1 Å². The number of rotatable bonds is 2. The molecular formula is C18H23N3O5S. The summed E-state index contributed by atoms with van der Waals surface area (Å²) in [5.74, 6) is -1.00. The Morgan fingerprint density at radius 2 is 1.96 bits per heavy atom. The lowest BCUT2D eigenvalue weighted by Crippen LogP contribution is -2.55. The van der Waals surface area contributed by atoms with Crippen LogP contribution >= 0.6 is 11.8 Å². The third kappa shape index (κ3) is 5.72. The molecule has 2 atom stereocenters. The molecule has 1 aliphatic heterocycles. The number of carbonyl (C=O) groups excluding carboxylic acids is 4. The zero-order chi connectivity index (χ0) is 20.0. The lowest BCUT2D eigenvalue weighted by Gasteiger charge is -2.25. The summed E-state index contributed by atoms with van der Waals surface area (Å²) in [7, 11) is 3.22. The molecule has 0 aromatic heterocycles. The van der Waals surface area contributed by atoms with E-state index in [1.807, 2.05) is 12.1 Å². The number of nitrogens with one attached hydrogen (secondary N) is 2. The minimum absolute atomic E-state index is 0.250. The highest BCUT2D eigenvalue weighted by atomic mass is 32.2. The van der Waals surface area contributed by atoms with E-state index in [9.17, 15) is 19.2 Å². The van der Waals surface area contributed by atoms with E-state index in [1.165, 1.54) is 23.6 Å². The maximum atomic E-state index is 12.6. The summed E-state index contributed by atoms with van der Waals surface area (Å²) in [5.41, 5.74) is 1.19. The van der Waals surface area contributed by atoms with Gasteiger partial charge in [0, 0.05) is 32.5 Å². The van der Waals surface area contributed by atoms with E-state index in [0.29, 0.717) is 17.1 Å². The van der Waals surface area contributed by atoms with E-state index in [2.05, 4.69) is 10.6 Å². The third-order valence-corrected chi connectivity index (χ3v) is 4.99. The Morgan fingerprint density at radius 1 is 1.26 bits per heavy atom. The second kappa shape index (κ2) is 9.40. The summed E-state index contributed by atoms with van der Waals surface area (Å²) in [6, 6.07) is 5.19. The Hall–Kier alpha value is -2.55. The number of amides is 3. The van der Waals surface area contributed by atoms with Crippen LogP contribution in [0.1, 0.15) is 22.8 Å². The molecule has 0 radical (unpaired) electrons. The molecule has 0 saturated carbocycles. The van der Waals surface area contributed by atoms with Gasteiger partial charge in [0.15, 0.2) is 0 Å².